The zero-order chi connectivity index (χ0) is 14.1. The Kier molecular flexibility index (Phi) is 8.89. The monoisotopic (exact) mass is 258 g/mol. The first-order valence-electron chi connectivity index (χ1n) is 7.94. The molecule has 0 aromatic carbocycles. The molecule has 0 aromatic rings. The molecule has 18 heavy (non-hydrogen) atoms. The van der Waals surface area contributed by atoms with Gasteiger partial charge in [0, 0.05) is 0 Å². The average Bonchev–Trinajstić information content (AvgIpc) is 2.42. The summed E-state index contributed by atoms with van der Waals surface area (Å²) >= 11 is 0. The zero-order valence-corrected chi connectivity index (χ0v) is 13.5. The minimum Gasteiger partial charge on any atom is -0.230 e. The summed E-state index contributed by atoms with van der Waals surface area (Å²) in [5.41, 5.74) is -0.170. The van der Waals surface area contributed by atoms with Gasteiger partial charge in [-0.15, -0.1) is 0 Å². The Bertz CT molecular complexity index is 171. The fourth-order valence-electron chi connectivity index (χ4n) is 2.61. The van der Waals surface area contributed by atoms with Crippen LogP contribution in [0, 0.1) is 0 Å². The Labute approximate surface area is 114 Å². The summed E-state index contributed by atoms with van der Waals surface area (Å²) in [5.74, 6) is 0. The summed E-state index contributed by atoms with van der Waals surface area (Å²) in [6.07, 6.45) is 8.53. The molecule has 0 N–H and O–H groups in total. The fourth-order valence-corrected chi connectivity index (χ4v) is 2.61. The molecule has 0 fully saturated rings. The standard InChI is InChI=1S/C16H34O2/c1-7-13-15(9-3,10-4)17-18-16(11-5,12-6)14-8-2/h7-14H2,1-6H3. The predicted molar refractivity (Wildman–Crippen MR) is 78.6 cm³/mol. The lowest BCUT2D eigenvalue weighted by Crippen LogP contribution is -2.38. The number of rotatable bonds is 11. The molecule has 0 aliphatic rings. The maximum atomic E-state index is 5.97. The van der Waals surface area contributed by atoms with Crippen LogP contribution < -0.4 is 0 Å². The van der Waals surface area contributed by atoms with Crippen molar-refractivity contribution in [3.63, 3.8) is 0 Å². The van der Waals surface area contributed by atoms with Gasteiger partial charge in [-0.1, -0.05) is 54.4 Å². The van der Waals surface area contributed by atoms with Gasteiger partial charge in [0.1, 0.15) is 11.2 Å². The molecule has 0 aromatic heterocycles. The molecule has 0 spiro atoms. The van der Waals surface area contributed by atoms with E-state index in [9.17, 15) is 0 Å². The smallest absolute Gasteiger partial charge is 0.103 e. The Morgan fingerprint density at radius 2 is 0.833 bits per heavy atom. The van der Waals surface area contributed by atoms with E-state index in [1.54, 1.807) is 0 Å². The summed E-state index contributed by atoms with van der Waals surface area (Å²) in [5, 5.41) is 0. The SMILES string of the molecule is CCCC(CC)(CC)OOC(CC)(CC)CCC. The summed E-state index contributed by atoms with van der Waals surface area (Å²) in [6, 6.07) is 0. The molecule has 0 atom stereocenters. The van der Waals surface area contributed by atoms with Crippen LogP contribution in [0.2, 0.25) is 0 Å². The van der Waals surface area contributed by atoms with Crippen LogP contribution in [-0.4, -0.2) is 11.2 Å². The summed E-state index contributed by atoms with van der Waals surface area (Å²) in [6.45, 7) is 13.2. The van der Waals surface area contributed by atoms with Crippen LogP contribution in [0.5, 0.6) is 0 Å². The van der Waals surface area contributed by atoms with Gasteiger partial charge in [0.05, 0.1) is 0 Å². The molecule has 0 radical (unpaired) electrons. The maximum absolute atomic E-state index is 5.97. The van der Waals surface area contributed by atoms with Crippen LogP contribution >= 0.6 is 0 Å². The molecule has 0 heterocycles. The first-order chi connectivity index (χ1) is 8.57. The quantitative estimate of drug-likeness (QED) is 0.352. The van der Waals surface area contributed by atoms with E-state index in [-0.39, 0.29) is 11.2 Å². The first-order valence-corrected chi connectivity index (χ1v) is 7.94. The van der Waals surface area contributed by atoms with Crippen molar-refractivity contribution < 1.29 is 9.78 Å². The van der Waals surface area contributed by atoms with Gasteiger partial charge in [0.2, 0.25) is 0 Å². The molecular weight excluding hydrogens is 224 g/mol. The fraction of sp³-hybridized carbons (Fsp3) is 1.00. The molecule has 0 rings (SSSR count). The Morgan fingerprint density at radius 1 is 0.556 bits per heavy atom. The summed E-state index contributed by atoms with van der Waals surface area (Å²) in [4.78, 5) is 11.9. The molecule has 2 nitrogen and oxygen atoms in total. The lowest BCUT2D eigenvalue weighted by Gasteiger charge is -2.37. The molecule has 0 aliphatic heterocycles. The van der Waals surface area contributed by atoms with Gasteiger partial charge in [0.25, 0.3) is 0 Å². The second-order valence-electron chi connectivity index (χ2n) is 5.45. The van der Waals surface area contributed by atoms with Crippen LogP contribution in [0.1, 0.15) is 92.9 Å². The van der Waals surface area contributed by atoms with E-state index in [1.165, 1.54) is 0 Å². The van der Waals surface area contributed by atoms with Crippen LogP contribution in [0.25, 0.3) is 0 Å². The van der Waals surface area contributed by atoms with Gasteiger partial charge in [-0.3, -0.25) is 0 Å². The topological polar surface area (TPSA) is 18.5 Å². The van der Waals surface area contributed by atoms with Gasteiger partial charge < -0.3 is 0 Å². The molecule has 0 saturated carbocycles. The lowest BCUT2D eigenvalue weighted by molar-refractivity contribution is -0.419. The molecule has 2 heteroatoms. The molecule has 0 unspecified atom stereocenters. The van der Waals surface area contributed by atoms with E-state index in [0.29, 0.717) is 0 Å². The summed E-state index contributed by atoms with van der Waals surface area (Å²) in [7, 11) is 0. The number of hydrogen-bond acceptors (Lipinski definition) is 2. The second kappa shape index (κ2) is 8.92. The normalized spacial score (nSPS) is 13.0. The Hall–Kier alpha value is -0.0800. The van der Waals surface area contributed by atoms with E-state index in [0.717, 1.165) is 51.4 Å². The van der Waals surface area contributed by atoms with Gasteiger partial charge in [-0.05, 0) is 38.5 Å². The van der Waals surface area contributed by atoms with E-state index < -0.39 is 0 Å². The van der Waals surface area contributed by atoms with E-state index >= 15 is 0 Å². The second-order valence-corrected chi connectivity index (χ2v) is 5.45. The van der Waals surface area contributed by atoms with Gasteiger partial charge in [-0.2, -0.15) is 0 Å². The molecule has 0 amide bonds. The third-order valence-electron chi connectivity index (χ3n) is 4.38. The minimum atomic E-state index is -0.0852. The molecular formula is C16H34O2. The molecule has 0 aliphatic carbocycles. The lowest BCUT2D eigenvalue weighted by atomic mass is 9.91. The average molecular weight is 258 g/mol. The van der Waals surface area contributed by atoms with Crippen molar-refractivity contribution in [2.45, 2.75) is 104 Å². The van der Waals surface area contributed by atoms with E-state index in [4.69, 9.17) is 9.78 Å². The highest BCUT2D eigenvalue weighted by atomic mass is 17.2. The predicted octanol–water partition coefficient (Wildman–Crippen LogP) is 5.65. The highest BCUT2D eigenvalue weighted by Gasteiger charge is 2.34. The van der Waals surface area contributed by atoms with Crippen molar-refractivity contribution in [3.05, 3.63) is 0 Å². The van der Waals surface area contributed by atoms with Crippen LogP contribution in [0.4, 0.5) is 0 Å². The molecule has 0 bridgehead atoms. The molecule has 110 valence electrons. The third-order valence-corrected chi connectivity index (χ3v) is 4.38. The van der Waals surface area contributed by atoms with Gasteiger partial charge in [0.15, 0.2) is 0 Å². The van der Waals surface area contributed by atoms with Crippen molar-refractivity contribution >= 4 is 0 Å². The first kappa shape index (κ1) is 17.9. The Morgan fingerprint density at radius 3 is 1.00 bits per heavy atom. The highest BCUT2D eigenvalue weighted by molar-refractivity contribution is 4.79. The van der Waals surface area contributed by atoms with Crippen LogP contribution in [-0.2, 0) is 9.78 Å². The maximum Gasteiger partial charge on any atom is 0.103 e. The van der Waals surface area contributed by atoms with Crippen LogP contribution in [0.15, 0.2) is 0 Å². The van der Waals surface area contributed by atoms with E-state index in [1.807, 2.05) is 0 Å². The van der Waals surface area contributed by atoms with Crippen LogP contribution in [0.3, 0.4) is 0 Å². The number of hydrogen-bond donors (Lipinski definition) is 0. The van der Waals surface area contributed by atoms with Crippen molar-refractivity contribution in [3.8, 4) is 0 Å². The van der Waals surface area contributed by atoms with Gasteiger partial charge >= 0.3 is 0 Å². The largest absolute Gasteiger partial charge is 0.230 e. The highest BCUT2D eigenvalue weighted by Crippen LogP contribution is 2.33. The van der Waals surface area contributed by atoms with E-state index in [2.05, 4.69) is 41.5 Å². The molecule has 0 saturated heterocycles. The van der Waals surface area contributed by atoms with Crippen molar-refractivity contribution in [1.82, 2.24) is 0 Å². The third kappa shape index (κ3) is 4.89. The minimum absolute atomic E-state index is 0.0852. The van der Waals surface area contributed by atoms with Crippen molar-refractivity contribution in [1.29, 1.82) is 0 Å². The Balaban J connectivity index is 4.64. The zero-order valence-electron chi connectivity index (χ0n) is 13.5. The van der Waals surface area contributed by atoms with Crippen molar-refractivity contribution in [2.24, 2.45) is 0 Å². The van der Waals surface area contributed by atoms with Gasteiger partial charge in [-0.25, -0.2) is 9.78 Å². The summed E-state index contributed by atoms with van der Waals surface area (Å²) < 4.78 is 0. The van der Waals surface area contributed by atoms with Crippen molar-refractivity contribution in [2.75, 3.05) is 0 Å².